The van der Waals surface area contributed by atoms with E-state index in [1.165, 1.54) is 9.58 Å². The third-order valence-corrected chi connectivity index (χ3v) is 6.74. The first-order chi connectivity index (χ1) is 18.0. The second kappa shape index (κ2) is 8.91. The number of rotatable bonds is 3. The molecule has 0 radical (unpaired) electrons. The third kappa shape index (κ3) is 3.70. The molecule has 6 nitrogen and oxygen atoms in total. The van der Waals surface area contributed by atoms with Crippen LogP contribution in [0.4, 0.5) is 0 Å². The van der Waals surface area contributed by atoms with Gasteiger partial charge in [0.05, 0.1) is 5.52 Å². The van der Waals surface area contributed by atoms with Crippen molar-refractivity contribution in [3.8, 4) is 0 Å². The van der Waals surface area contributed by atoms with Crippen LogP contribution in [0, 0.1) is 6.92 Å². The Morgan fingerprint density at radius 2 is 1.27 bits per heavy atom. The van der Waals surface area contributed by atoms with Crippen molar-refractivity contribution in [3.05, 3.63) is 143 Å². The first-order valence-electron chi connectivity index (χ1n) is 12.0. The normalized spacial score (nSPS) is 14.8. The molecule has 6 rings (SSSR count). The molecule has 0 saturated carbocycles. The zero-order valence-electron chi connectivity index (χ0n) is 20.1. The van der Waals surface area contributed by atoms with Crippen molar-refractivity contribution in [1.29, 1.82) is 0 Å². The number of nitrogens with zero attached hydrogens (tertiary/aromatic N) is 2. The molecule has 5 aromatic rings. The number of hydrogen-bond donors (Lipinski definition) is 1. The van der Waals surface area contributed by atoms with Crippen LogP contribution >= 0.6 is 0 Å². The summed E-state index contributed by atoms with van der Waals surface area (Å²) in [5, 5.41) is 2.13. The van der Waals surface area contributed by atoms with Gasteiger partial charge in [0.2, 0.25) is 0 Å². The summed E-state index contributed by atoms with van der Waals surface area (Å²) in [6.45, 7) is 2.00. The van der Waals surface area contributed by atoms with Gasteiger partial charge < -0.3 is 0 Å². The average Bonchev–Trinajstić information content (AvgIpc) is 3.29. The molecule has 0 fully saturated rings. The van der Waals surface area contributed by atoms with E-state index in [1.54, 1.807) is 48.5 Å². The number of fused-ring (bicyclic) bond motifs is 3. The Hall–Kier alpha value is -4.97. The van der Waals surface area contributed by atoms with Crippen molar-refractivity contribution in [2.75, 3.05) is 0 Å². The molecule has 1 N–H and O–H groups in total. The standard InChI is InChI=1S/C31H23N3O3/c1-20-16-18-21(19-17-20)27-26-24-14-8-9-15-25(24)33(30(36)22-10-4-2-5-11-22)28(26)29(35)32-34(27)31(37)23-12-6-3-7-13-23/h2-19,27H,1H3,(H,32,35). The van der Waals surface area contributed by atoms with E-state index in [0.717, 1.165) is 16.5 Å². The zero-order valence-corrected chi connectivity index (χ0v) is 20.1. The molecule has 0 bridgehead atoms. The van der Waals surface area contributed by atoms with Crippen molar-refractivity contribution >= 4 is 28.6 Å². The van der Waals surface area contributed by atoms with Crippen molar-refractivity contribution < 1.29 is 14.4 Å². The van der Waals surface area contributed by atoms with Crippen LogP contribution in [0.2, 0.25) is 0 Å². The lowest BCUT2D eigenvalue weighted by atomic mass is 9.92. The molecule has 2 heterocycles. The fourth-order valence-electron chi connectivity index (χ4n) is 4.99. The summed E-state index contributed by atoms with van der Waals surface area (Å²) in [5.41, 5.74) is 7.10. The Morgan fingerprint density at radius 3 is 1.92 bits per heavy atom. The lowest BCUT2D eigenvalue weighted by molar-refractivity contribution is 0.0480. The quantitative estimate of drug-likeness (QED) is 0.365. The molecule has 0 spiro atoms. The molecule has 1 atom stereocenters. The highest BCUT2D eigenvalue weighted by molar-refractivity contribution is 6.13. The van der Waals surface area contributed by atoms with Gasteiger partial charge in [-0.15, -0.1) is 0 Å². The molecule has 0 saturated heterocycles. The minimum atomic E-state index is -0.643. The van der Waals surface area contributed by atoms with E-state index in [-0.39, 0.29) is 17.5 Å². The van der Waals surface area contributed by atoms with Crippen LogP contribution < -0.4 is 5.43 Å². The number of nitrogens with one attached hydrogen (secondary N) is 1. The van der Waals surface area contributed by atoms with Gasteiger partial charge >= 0.3 is 0 Å². The smallest absolute Gasteiger partial charge is 0.270 e. The van der Waals surface area contributed by atoms with Crippen LogP contribution in [0.25, 0.3) is 10.9 Å². The van der Waals surface area contributed by atoms with Crippen LogP contribution in [-0.2, 0) is 0 Å². The van der Waals surface area contributed by atoms with Crippen LogP contribution in [0.5, 0.6) is 0 Å². The van der Waals surface area contributed by atoms with Gasteiger partial charge in [-0.3, -0.25) is 24.4 Å². The Balaban J connectivity index is 1.63. The lowest BCUT2D eigenvalue weighted by Gasteiger charge is -2.36. The molecule has 1 aromatic heterocycles. The second-order valence-corrected chi connectivity index (χ2v) is 9.08. The van der Waals surface area contributed by atoms with E-state index in [9.17, 15) is 14.4 Å². The number of aryl methyl sites for hydroxylation is 1. The van der Waals surface area contributed by atoms with Crippen LogP contribution in [0.3, 0.4) is 0 Å². The van der Waals surface area contributed by atoms with E-state index >= 15 is 0 Å². The van der Waals surface area contributed by atoms with Crippen molar-refractivity contribution in [3.63, 3.8) is 0 Å². The molecule has 2 amide bonds. The number of carbonyl (C=O) groups is 3. The van der Waals surface area contributed by atoms with E-state index < -0.39 is 11.9 Å². The lowest BCUT2D eigenvalue weighted by Crippen LogP contribution is -2.53. The van der Waals surface area contributed by atoms with Gasteiger partial charge in [0.15, 0.2) is 0 Å². The molecule has 37 heavy (non-hydrogen) atoms. The number of para-hydroxylation sites is 1. The van der Waals surface area contributed by atoms with Gasteiger partial charge in [-0.05, 0) is 42.8 Å². The molecule has 0 aliphatic carbocycles. The fraction of sp³-hybridized carbons (Fsp3) is 0.0645. The maximum Gasteiger partial charge on any atom is 0.287 e. The molecule has 6 heteroatoms. The topological polar surface area (TPSA) is 71.4 Å². The van der Waals surface area contributed by atoms with Gasteiger partial charge in [0.1, 0.15) is 11.7 Å². The first kappa shape index (κ1) is 22.5. The highest BCUT2D eigenvalue weighted by Crippen LogP contribution is 2.41. The summed E-state index contributed by atoms with van der Waals surface area (Å²) < 4.78 is 1.47. The van der Waals surface area contributed by atoms with Crippen LogP contribution in [-0.4, -0.2) is 27.3 Å². The Morgan fingerprint density at radius 1 is 0.703 bits per heavy atom. The van der Waals surface area contributed by atoms with Gasteiger partial charge in [-0.1, -0.05) is 84.4 Å². The van der Waals surface area contributed by atoms with E-state index in [2.05, 4.69) is 5.43 Å². The average molecular weight is 486 g/mol. The summed E-state index contributed by atoms with van der Waals surface area (Å²) in [6, 6.07) is 32.4. The monoisotopic (exact) mass is 485 g/mol. The first-order valence-corrected chi connectivity index (χ1v) is 12.0. The summed E-state index contributed by atoms with van der Waals surface area (Å²) in [4.78, 5) is 41.2. The van der Waals surface area contributed by atoms with Crippen molar-refractivity contribution in [2.45, 2.75) is 13.0 Å². The molecular formula is C31H23N3O3. The Bertz CT molecular complexity index is 1660. The van der Waals surface area contributed by atoms with E-state index in [4.69, 9.17) is 0 Å². The number of aromatic nitrogens is 1. The van der Waals surface area contributed by atoms with Gasteiger partial charge in [0.25, 0.3) is 17.7 Å². The SMILES string of the molecule is Cc1ccc(C2c3c(n(C(=O)c4ccccc4)c4ccccc34)C(=O)NN2C(=O)c2ccccc2)cc1. The van der Waals surface area contributed by atoms with Gasteiger partial charge in [-0.2, -0.15) is 0 Å². The number of hydrazine groups is 1. The van der Waals surface area contributed by atoms with Gasteiger partial charge in [0, 0.05) is 22.1 Å². The predicted octanol–water partition coefficient (Wildman–Crippen LogP) is 5.53. The minimum Gasteiger partial charge on any atom is -0.270 e. The zero-order chi connectivity index (χ0) is 25.5. The van der Waals surface area contributed by atoms with Crippen LogP contribution in [0.15, 0.2) is 109 Å². The van der Waals surface area contributed by atoms with Crippen LogP contribution in [0.1, 0.15) is 53.9 Å². The number of hydrogen-bond acceptors (Lipinski definition) is 3. The Labute approximate surface area is 213 Å². The van der Waals surface area contributed by atoms with Crippen molar-refractivity contribution in [2.24, 2.45) is 0 Å². The fourth-order valence-corrected chi connectivity index (χ4v) is 4.99. The molecular weight excluding hydrogens is 462 g/mol. The molecule has 1 aliphatic rings. The number of amides is 2. The molecule has 4 aromatic carbocycles. The van der Waals surface area contributed by atoms with E-state index in [0.29, 0.717) is 22.2 Å². The largest absolute Gasteiger partial charge is 0.287 e. The highest BCUT2D eigenvalue weighted by atomic mass is 16.2. The minimum absolute atomic E-state index is 0.234. The summed E-state index contributed by atoms with van der Waals surface area (Å²) in [6.07, 6.45) is 0. The van der Waals surface area contributed by atoms with Gasteiger partial charge in [-0.25, -0.2) is 5.01 Å². The number of benzene rings is 4. The summed E-state index contributed by atoms with van der Waals surface area (Å²) in [7, 11) is 0. The molecule has 1 aliphatic heterocycles. The molecule has 1 unspecified atom stereocenters. The maximum atomic E-state index is 13.8. The summed E-state index contributed by atoms with van der Waals surface area (Å²) >= 11 is 0. The van der Waals surface area contributed by atoms with E-state index in [1.807, 2.05) is 67.6 Å². The molecule has 180 valence electrons. The Kier molecular flexibility index (Phi) is 5.42. The third-order valence-electron chi connectivity index (χ3n) is 6.74. The highest BCUT2D eigenvalue weighted by Gasteiger charge is 2.41. The predicted molar refractivity (Wildman–Crippen MR) is 141 cm³/mol. The second-order valence-electron chi connectivity index (χ2n) is 9.08. The number of carbonyl (C=O) groups excluding carboxylic acids is 3. The summed E-state index contributed by atoms with van der Waals surface area (Å²) in [5.74, 6) is -1.15. The maximum absolute atomic E-state index is 13.8. The van der Waals surface area contributed by atoms with Crippen molar-refractivity contribution in [1.82, 2.24) is 15.0 Å².